The molecule has 594 valence electrons. The predicted octanol–water partition coefficient (Wildman–Crippen LogP) is 16.2. The number of hydrogen-bond donors (Lipinski definition) is 5. The van der Waals surface area contributed by atoms with E-state index in [4.69, 9.17) is 13.9 Å². The molecule has 5 N–H and O–H groups in total. The Balaban J connectivity index is 0.000000180. The first-order valence-electron chi connectivity index (χ1n) is 39.9. The number of esters is 2. The largest absolute Gasteiger partial charge is 0.508 e. The molecular weight excluding hydrogens is 1520 g/mol. The molecule has 0 bridgehead atoms. The number of allylic oxidation sites excluding steroid dienone is 2. The molecule has 0 amide bonds. The van der Waals surface area contributed by atoms with Crippen LogP contribution in [0.25, 0.3) is 34.2 Å². The van der Waals surface area contributed by atoms with Gasteiger partial charge >= 0.3 is 11.9 Å². The highest BCUT2D eigenvalue weighted by Crippen LogP contribution is 2.54. The molecule has 6 aromatic heterocycles. The summed E-state index contributed by atoms with van der Waals surface area (Å²) in [5.41, 5.74) is 7.88. The van der Waals surface area contributed by atoms with Crippen LogP contribution in [-0.4, -0.2) is 149 Å². The second-order valence-electron chi connectivity index (χ2n) is 33.6. The van der Waals surface area contributed by atoms with E-state index in [1.54, 1.807) is 54.6 Å². The van der Waals surface area contributed by atoms with Gasteiger partial charge in [-0.15, -0.1) is 55.5 Å². The van der Waals surface area contributed by atoms with Gasteiger partial charge in [-0.2, -0.15) is 0 Å². The van der Waals surface area contributed by atoms with E-state index in [1.165, 1.54) is 57.0 Å². The van der Waals surface area contributed by atoms with Crippen molar-refractivity contribution in [3.05, 3.63) is 207 Å². The maximum atomic E-state index is 13.4. The van der Waals surface area contributed by atoms with Crippen LogP contribution in [0.2, 0.25) is 18.1 Å². The lowest BCUT2D eigenvalue weighted by Crippen LogP contribution is -2.52. The van der Waals surface area contributed by atoms with Crippen LogP contribution in [0.1, 0.15) is 187 Å². The monoisotopic (exact) mass is 1620 g/mol. The Hall–Kier alpha value is -8.18. The van der Waals surface area contributed by atoms with Crippen molar-refractivity contribution in [2.24, 2.45) is 10.8 Å². The third-order valence-electron chi connectivity index (χ3n) is 25.1. The van der Waals surface area contributed by atoms with Crippen molar-refractivity contribution < 1.29 is 58.6 Å². The Morgan fingerprint density at radius 2 is 0.947 bits per heavy atom. The van der Waals surface area contributed by atoms with Crippen molar-refractivity contribution in [3.63, 3.8) is 0 Å². The van der Waals surface area contributed by atoms with Crippen molar-refractivity contribution in [3.8, 4) is 11.5 Å². The van der Waals surface area contributed by atoms with Gasteiger partial charge in [0, 0.05) is 37.1 Å². The zero-order chi connectivity index (χ0) is 78.9. The number of aromatic hydroxyl groups is 2. The van der Waals surface area contributed by atoms with Crippen LogP contribution < -0.4 is 0 Å². The number of carbonyl (C=O) groups excluding carboxylic acids is 4. The molecular formula is C88H102N8O12S4Si. The van der Waals surface area contributed by atoms with Gasteiger partial charge in [0.2, 0.25) is 11.2 Å². The van der Waals surface area contributed by atoms with Crippen LogP contribution in [0.4, 0.5) is 0 Å². The van der Waals surface area contributed by atoms with Crippen LogP contribution in [0.15, 0.2) is 143 Å². The highest BCUT2D eigenvalue weighted by molar-refractivity contribution is 7.12. The molecule has 2 saturated carbocycles. The van der Waals surface area contributed by atoms with E-state index >= 15 is 0 Å². The molecule has 0 radical (unpaired) electrons. The van der Waals surface area contributed by atoms with Crippen LogP contribution in [-0.2, 0) is 83.1 Å². The molecule has 2 saturated heterocycles. The summed E-state index contributed by atoms with van der Waals surface area (Å²) < 4.78 is 23.0. The Morgan fingerprint density at radius 1 is 0.540 bits per heavy atom. The fourth-order valence-electron chi connectivity index (χ4n) is 17.4. The SMILES string of the molecule is CC(C)(C)[Si](C)(C)O[C@@H](CCCc1ccc2c(c1)nnn2CCCN1CCC2(CC1)CC(OC(=O)C(O)(c1cccs1)c1cccs1)C2)c1ccc(O)c2c1C=CC(=O)C2.O=C1C=Cc2c([C@@H](O)CCCc3ccc4c(c3)nnn4CCCN3CCC4(CC3)CC(OC(=O)C(O)(c3cccs3)c3cccs3)C4)ccc(O)c2C1. The highest BCUT2D eigenvalue weighted by atomic mass is 32.1. The summed E-state index contributed by atoms with van der Waals surface area (Å²) in [6.07, 6.45) is 20.4. The maximum absolute atomic E-state index is 13.4. The molecule has 25 heteroatoms. The van der Waals surface area contributed by atoms with E-state index in [2.05, 4.69) is 101 Å². The summed E-state index contributed by atoms with van der Waals surface area (Å²) >= 11 is 5.47. The van der Waals surface area contributed by atoms with Crippen molar-refractivity contribution in [2.75, 3.05) is 39.3 Å². The minimum absolute atomic E-state index is 0.00220. The van der Waals surface area contributed by atoms with Crippen molar-refractivity contribution in [2.45, 2.75) is 203 Å². The molecule has 4 fully saturated rings. The summed E-state index contributed by atoms with van der Waals surface area (Å²) in [4.78, 5) is 58.3. The number of phenols is 2. The minimum atomic E-state index is -2.14. The Bertz CT molecular complexity index is 5000. The zero-order valence-electron chi connectivity index (χ0n) is 65.0. The van der Waals surface area contributed by atoms with Gasteiger partial charge in [-0.25, -0.2) is 19.0 Å². The number of aliphatic hydroxyl groups excluding tert-OH is 1. The summed E-state index contributed by atoms with van der Waals surface area (Å²) in [6, 6.07) is 34.4. The van der Waals surface area contributed by atoms with Gasteiger partial charge in [-0.05, 0) is 299 Å². The van der Waals surface area contributed by atoms with Gasteiger partial charge < -0.3 is 49.2 Å². The molecule has 10 aromatic rings. The van der Waals surface area contributed by atoms with Crippen LogP contribution in [0, 0.1) is 10.8 Å². The average molecular weight is 1620 g/mol. The number of aromatic nitrogens is 6. The lowest BCUT2D eigenvalue weighted by Gasteiger charge is -2.51. The van der Waals surface area contributed by atoms with Gasteiger partial charge in [-0.1, -0.05) is 91.9 Å². The van der Waals surface area contributed by atoms with E-state index < -0.39 is 37.6 Å². The summed E-state index contributed by atoms with van der Waals surface area (Å²) in [6.45, 7) is 19.0. The maximum Gasteiger partial charge on any atom is 0.349 e. The molecule has 4 aliphatic carbocycles. The first-order valence-corrected chi connectivity index (χ1v) is 46.4. The molecule has 2 atom stereocenters. The van der Waals surface area contributed by atoms with E-state index in [0.717, 1.165) is 199 Å². The number of carbonyl (C=O) groups is 4. The average Bonchev–Trinajstić information content (AvgIpc) is 1.24. The number of ether oxygens (including phenoxy) is 2. The Morgan fingerprint density at radius 3 is 1.35 bits per heavy atom. The Kier molecular flexibility index (Phi) is 23.8. The lowest BCUT2D eigenvalue weighted by atomic mass is 9.61. The number of hydrogen-bond acceptors (Lipinski definition) is 22. The highest BCUT2D eigenvalue weighted by Gasteiger charge is 2.53. The van der Waals surface area contributed by atoms with Crippen molar-refractivity contribution >= 4 is 111 Å². The topological polar surface area (TPSA) is 265 Å². The first kappa shape index (κ1) is 80.0. The number of nitrogens with zero attached hydrogens (tertiary/aromatic N) is 8. The number of fused-ring (bicyclic) bond motifs is 4. The fourth-order valence-corrected chi connectivity index (χ4v) is 22.1. The molecule has 4 aromatic carbocycles. The molecule has 6 aliphatic rings. The molecule has 113 heavy (non-hydrogen) atoms. The third-order valence-corrected chi connectivity index (χ3v) is 33.5. The number of benzene rings is 4. The molecule has 20 nitrogen and oxygen atoms in total. The summed E-state index contributed by atoms with van der Waals surface area (Å²) in [5.74, 6) is -0.930. The minimum Gasteiger partial charge on any atom is -0.508 e. The number of likely N-dealkylation sites (tertiary alicyclic amines) is 2. The lowest BCUT2D eigenvalue weighted by molar-refractivity contribution is -0.182. The van der Waals surface area contributed by atoms with Crippen molar-refractivity contribution in [1.29, 1.82) is 0 Å². The normalized spacial score (nSPS) is 17.9. The summed E-state index contributed by atoms with van der Waals surface area (Å²) in [5, 5.41) is 80.5. The number of aliphatic hydroxyl groups is 3. The molecule has 2 spiro atoms. The Labute approximate surface area is 676 Å². The van der Waals surface area contributed by atoms with Gasteiger partial charge in [0.05, 0.1) is 42.7 Å². The van der Waals surface area contributed by atoms with Gasteiger partial charge in [0.15, 0.2) is 19.9 Å². The molecule has 8 heterocycles. The second-order valence-corrected chi connectivity index (χ2v) is 42.2. The number of piperidine rings is 2. The fraction of sp³-hybridized carbons (Fsp3) is 0.455. The van der Waals surface area contributed by atoms with Crippen LogP contribution >= 0.6 is 45.3 Å². The van der Waals surface area contributed by atoms with Gasteiger partial charge in [0.25, 0.3) is 0 Å². The zero-order valence-corrected chi connectivity index (χ0v) is 69.3. The summed E-state index contributed by atoms with van der Waals surface area (Å²) in [7, 11) is -2.14. The van der Waals surface area contributed by atoms with E-state index in [0.29, 0.717) is 37.1 Å². The van der Waals surface area contributed by atoms with Crippen LogP contribution in [0.3, 0.4) is 0 Å². The van der Waals surface area contributed by atoms with Gasteiger partial charge in [-0.3, -0.25) is 9.59 Å². The number of ketones is 2. The van der Waals surface area contributed by atoms with Crippen molar-refractivity contribution in [1.82, 2.24) is 39.8 Å². The standard InChI is InChI=1S/C47H58N4O6S2Si.C41H44N4O6S2/c1-45(2,3)60(4,5)57-41(36-17-19-40(53)37-29-33(52)15-16-35(36)37)11-6-10-32-14-18-39-38(28-32)48-49-51(39)23-9-22-50-24-20-46(21-25-50)30-34(31-46)56-44(54)47(55,42-12-7-26-58-42)43-13-8-27-59-43;46-28-10-11-30-31(12-14-36(48)32(30)24-28)35(47)6-1-5-27-9-13-34-33(23-27)42-43-45(34)18-4-17-44-19-15-40(16-20-44)25-29(26-40)51-39(49)41(50,37-7-2-21-52-37)38-8-3-22-53-38/h7-8,12-19,26-28,34,41,53,55H,6,9-11,20-25,29-31H2,1-5H3;2-3,7-14,21-23,29,35,47-48,50H,1,4-6,15-20,24-26H2/t41-;35-/m00/s1. The van der Waals surface area contributed by atoms with E-state index in [-0.39, 0.29) is 70.1 Å². The second kappa shape index (κ2) is 33.6. The quantitative estimate of drug-likeness (QED) is 0.0225. The first-order chi connectivity index (χ1) is 54.3. The van der Waals surface area contributed by atoms with E-state index in [1.807, 2.05) is 67.3 Å². The number of phenolic OH excluding ortho intramolecular Hbond substituents is 2. The molecule has 16 rings (SSSR count). The number of aryl methyl sites for hydroxylation is 4. The third kappa shape index (κ3) is 17.2. The van der Waals surface area contributed by atoms with Crippen LogP contribution in [0.5, 0.6) is 11.5 Å². The van der Waals surface area contributed by atoms with E-state index in [9.17, 15) is 44.7 Å². The smallest absolute Gasteiger partial charge is 0.349 e. The predicted molar refractivity (Wildman–Crippen MR) is 446 cm³/mol. The number of thiophene rings is 4. The molecule has 0 unspecified atom stereocenters. The van der Waals surface area contributed by atoms with Gasteiger partial charge in [0.1, 0.15) is 34.7 Å². The molecule has 2 aliphatic heterocycles. The number of rotatable bonds is 28.